The fraction of sp³-hybridized carbons (Fsp3) is 0.200. The van der Waals surface area contributed by atoms with Crippen LogP contribution >= 0.6 is 0 Å². The fourth-order valence-electron chi connectivity index (χ4n) is 5.03. The van der Waals surface area contributed by atoms with E-state index in [4.69, 9.17) is 9.47 Å². The van der Waals surface area contributed by atoms with Crippen molar-refractivity contribution >= 4 is 22.5 Å². The molecular formula is C40H41NO2. The van der Waals surface area contributed by atoms with E-state index in [1.807, 2.05) is 12.1 Å². The average molecular weight is 568 g/mol. The number of nitrogens with one attached hydrogen (secondary N) is 1. The molecule has 5 rings (SSSR count). The Bertz CT molecular complexity index is 1560. The smallest absolute Gasteiger partial charge is 0.119 e. The van der Waals surface area contributed by atoms with Gasteiger partial charge in [0.2, 0.25) is 0 Å². The minimum Gasteiger partial charge on any atom is -0.494 e. The van der Waals surface area contributed by atoms with Crippen LogP contribution in [0.1, 0.15) is 61.8 Å². The van der Waals surface area contributed by atoms with Crippen molar-refractivity contribution in [1.82, 2.24) is 0 Å². The third-order valence-corrected chi connectivity index (χ3v) is 7.37. The molecule has 0 radical (unpaired) electrons. The molecule has 0 unspecified atom stereocenters. The molecule has 3 nitrogen and oxygen atoms in total. The third-order valence-electron chi connectivity index (χ3n) is 7.37. The molecule has 0 atom stereocenters. The van der Waals surface area contributed by atoms with Gasteiger partial charge in [0.15, 0.2) is 0 Å². The number of hydrogen-bond acceptors (Lipinski definition) is 3. The second-order valence-corrected chi connectivity index (χ2v) is 10.6. The molecule has 0 aliphatic carbocycles. The van der Waals surface area contributed by atoms with Gasteiger partial charge in [0.05, 0.1) is 13.2 Å². The lowest BCUT2D eigenvalue weighted by Crippen LogP contribution is -1.99. The van der Waals surface area contributed by atoms with Gasteiger partial charge in [-0.3, -0.25) is 0 Å². The summed E-state index contributed by atoms with van der Waals surface area (Å²) in [7, 11) is 0. The van der Waals surface area contributed by atoms with E-state index in [0.29, 0.717) is 0 Å². The Balaban J connectivity index is 1.50. The highest BCUT2D eigenvalue weighted by atomic mass is 16.5. The molecule has 218 valence electrons. The Hall–Kier alpha value is -4.76. The van der Waals surface area contributed by atoms with Crippen molar-refractivity contribution in [3.63, 3.8) is 0 Å². The predicted molar refractivity (Wildman–Crippen MR) is 181 cm³/mol. The number of rotatable bonds is 14. The van der Waals surface area contributed by atoms with Gasteiger partial charge in [-0.05, 0) is 94.8 Å². The summed E-state index contributed by atoms with van der Waals surface area (Å²) in [4.78, 5) is 0. The lowest BCUT2D eigenvalue weighted by atomic mass is 9.86. The first-order valence-electron chi connectivity index (χ1n) is 15.4. The third kappa shape index (κ3) is 8.17. The van der Waals surface area contributed by atoms with Crippen LogP contribution < -0.4 is 14.8 Å². The second-order valence-electron chi connectivity index (χ2n) is 10.6. The van der Waals surface area contributed by atoms with Crippen LogP contribution in [0, 0.1) is 0 Å². The summed E-state index contributed by atoms with van der Waals surface area (Å²) < 4.78 is 11.8. The number of hydrogen-bond donors (Lipinski definition) is 1. The van der Waals surface area contributed by atoms with Gasteiger partial charge in [-0.15, -0.1) is 0 Å². The normalized spacial score (nSPS) is 11.5. The first-order chi connectivity index (χ1) is 21.2. The maximum Gasteiger partial charge on any atom is 0.119 e. The van der Waals surface area contributed by atoms with Crippen LogP contribution in [0.4, 0.5) is 11.4 Å². The van der Waals surface area contributed by atoms with E-state index in [0.717, 1.165) is 72.9 Å². The molecule has 0 fully saturated rings. The van der Waals surface area contributed by atoms with Gasteiger partial charge in [0, 0.05) is 11.4 Å². The lowest BCUT2D eigenvalue weighted by Gasteiger charge is -2.19. The molecule has 0 amide bonds. The maximum absolute atomic E-state index is 5.98. The summed E-state index contributed by atoms with van der Waals surface area (Å²) in [5, 5.41) is 3.54. The molecule has 0 aromatic heterocycles. The minimum atomic E-state index is 0.740. The SMILES string of the molecule is CCCCOc1ccc(Nc2ccc(/C(=C(\c3ccccc3)c3ccc(OCCCC)cc3)c3ccccc3)cc2)cc1. The van der Waals surface area contributed by atoms with Gasteiger partial charge in [-0.25, -0.2) is 0 Å². The lowest BCUT2D eigenvalue weighted by molar-refractivity contribution is 0.309. The van der Waals surface area contributed by atoms with Gasteiger partial charge in [-0.2, -0.15) is 0 Å². The van der Waals surface area contributed by atoms with Crippen LogP contribution in [-0.2, 0) is 0 Å². The van der Waals surface area contributed by atoms with Crippen molar-refractivity contribution in [2.24, 2.45) is 0 Å². The van der Waals surface area contributed by atoms with E-state index >= 15 is 0 Å². The Morgan fingerprint density at radius 2 is 0.791 bits per heavy atom. The van der Waals surface area contributed by atoms with Crippen molar-refractivity contribution in [1.29, 1.82) is 0 Å². The van der Waals surface area contributed by atoms with Crippen molar-refractivity contribution in [3.8, 4) is 11.5 Å². The topological polar surface area (TPSA) is 30.5 Å². The molecule has 0 saturated heterocycles. The maximum atomic E-state index is 5.98. The number of anilines is 2. The monoisotopic (exact) mass is 567 g/mol. The summed E-state index contributed by atoms with van der Waals surface area (Å²) in [6.07, 6.45) is 4.37. The predicted octanol–water partition coefficient (Wildman–Crippen LogP) is 10.8. The Morgan fingerprint density at radius 1 is 0.442 bits per heavy atom. The molecule has 5 aromatic rings. The summed E-state index contributed by atoms with van der Waals surface area (Å²) in [5.74, 6) is 1.81. The van der Waals surface area contributed by atoms with Crippen LogP contribution in [0.15, 0.2) is 133 Å². The van der Waals surface area contributed by atoms with E-state index < -0.39 is 0 Å². The second kappa shape index (κ2) is 15.5. The largest absolute Gasteiger partial charge is 0.494 e. The Kier molecular flexibility index (Phi) is 10.7. The molecule has 0 saturated carbocycles. The Morgan fingerprint density at radius 3 is 1.21 bits per heavy atom. The first kappa shape index (κ1) is 29.7. The highest BCUT2D eigenvalue weighted by molar-refractivity contribution is 6.04. The molecule has 0 aliphatic heterocycles. The van der Waals surface area contributed by atoms with Crippen LogP contribution in [0.5, 0.6) is 11.5 Å². The van der Waals surface area contributed by atoms with Gasteiger partial charge < -0.3 is 14.8 Å². The molecule has 0 bridgehead atoms. The van der Waals surface area contributed by atoms with E-state index in [9.17, 15) is 0 Å². The summed E-state index contributed by atoms with van der Waals surface area (Å²) in [6.45, 7) is 5.84. The molecule has 5 aromatic carbocycles. The van der Waals surface area contributed by atoms with E-state index in [1.165, 1.54) is 22.3 Å². The zero-order valence-electron chi connectivity index (χ0n) is 25.3. The highest BCUT2D eigenvalue weighted by Gasteiger charge is 2.16. The van der Waals surface area contributed by atoms with Gasteiger partial charge in [-0.1, -0.05) is 112 Å². The van der Waals surface area contributed by atoms with Crippen LogP contribution in [0.3, 0.4) is 0 Å². The molecule has 0 spiro atoms. The Labute approximate surface area is 256 Å². The zero-order chi connectivity index (χ0) is 29.7. The van der Waals surface area contributed by atoms with Gasteiger partial charge in [0.25, 0.3) is 0 Å². The molecular weight excluding hydrogens is 526 g/mol. The van der Waals surface area contributed by atoms with Crippen LogP contribution in [0.2, 0.25) is 0 Å². The fourth-order valence-corrected chi connectivity index (χ4v) is 5.03. The van der Waals surface area contributed by atoms with Crippen molar-refractivity contribution in [3.05, 3.63) is 156 Å². The summed E-state index contributed by atoms with van der Waals surface area (Å²) in [5.41, 5.74) is 9.08. The molecule has 1 N–H and O–H groups in total. The zero-order valence-corrected chi connectivity index (χ0v) is 25.3. The molecule has 3 heteroatoms. The van der Waals surface area contributed by atoms with E-state index in [2.05, 4.69) is 140 Å². The number of unbranched alkanes of at least 4 members (excludes halogenated alkanes) is 2. The van der Waals surface area contributed by atoms with E-state index in [1.54, 1.807) is 0 Å². The summed E-state index contributed by atoms with van der Waals surface area (Å²) in [6, 6.07) is 46.7. The van der Waals surface area contributed by atoms with Crippen molar-refractivity contribution < 1.29 is 9.47 Å². The number of ether oxygens (including phenoxy) is 2. The van der Waals surface area contributed by atoms with Crippen molar-refractivity contribution in [2.75, 3.05) is 18.5 Å². The van der Waals surface area contributed by atoms with Gasteiger partial charge >= 0.3 is 0 Å². The average Bonchev–Trinajstić information content (AvgIpc) is 3.06. The molecule has 0 aliphatic rings. The highest BCUT2D eigenvalue weighted by Crippen LogP contribution is 2.38. The van der Waals surface area contributed by atoms with Crippen molar-refractivity contribution in [2.45, 2.75) is 39.5 Å². The quantitative estimate of drug-likeness (QED) is 0.107. The van der Waals surface area contributed by atoms with Crippen LogP contribution in [0.25, 0.3) is 11.1 Å². The van der Waals surface area contributed by atoms with Gasteiger partial charge in [0.1, 0.15) is 11.5 Å². The van der Waals surface area contributed by atoms with Crippen LogP contribution in [-0.4, -0.2) is 13.2 Å². The summed E-state index contributed by atoms with van der Waals surface area (Å²) >= 11 is 0. The van der Waals surface area contributed by atoms with E-state index in [-0.39, 0.29) is 0 Å². The number of benzene rings is 5. The minimum absolute atomic E-state index is 0.740. The molecule has 43 heavy (non-hydrogen) atoms. The first-order valence-corrected chi connectivity index (χ1v) is 15.4. The standard InChI is InChI=1S/C40H41NO2/c1-3-5-29-42-37-25-19-34(20-26-37)40(32-15-11-8-12-16-32)39(31-13-9-7-10-14-31)33-17-21-35(22-18-33)41-36-23-27-38(28-24-36)43-30-6-4-2/h7-28,41H,3-6,29-30H2,1-2H3/b40-39+. The molecule has 0 heterocycles.